The number of Topliss-reactive ketones (excluding diaryl/α,β-unsaturated/α-hetero) is 1. The molecule has 2 aliphatic rings. The first-order chi connectivity index (χ1) is 15.1. The number of carbonyl (C=O) groups excluding carboxylic acids is 2. The van der Waals surface area contributed by atoms with Gasteiger partial charge in [0.1, 0.15) is 30.8 Å². The third kappa shape index (κ3) is 3.34. The molecule has 7 heteroatoms. The van der Waals surface area contributed by atoms with Gasteiger partial charge in [-0.2, -0.15) is 0 Å². The van der Waals surface area contributed by atoms with Gasteiger partial charge in [-0.3, -0.25) is 9.59 Å². The van der Waals surface area contributed by atoms with Crippen LogP contribution in [-0.2, 0) is 16.1 Å². The Morgan fingerprint density at radius 3 is 2.48 bits per heavy atom. The zero-order valence-corrected chi connectivity index (χ0v) is 16.5. The van der Waals surface area contributed by atoms with Gasteiger partial charge in [-0.1, -0.05) is 30.3 Å². The van der Waals surface area contributed by atoms with Gasteiger partial charge in [0, 0.05) is 12.1 Å². The van der Waals surface area contributed by atoms with Crippen molar-refractivity contribution in [3.63, 3.8) is 0 Å². The third-order valence-corrected chi connectivity index (χ3v) is 5.36. The molecule has 1 aromatic heterocycles. The fraction of sp³-hybridized carbons (Fsp3) is 0.167. The van der Waals surface area contributed by atoms with Crippen molar-refractivity contribution in [3.05, 3.63) is 89.4 Å². The quantitative estimate of drug-likeness (QED) is 0.396. The van der Waals surface area contributed by atoms with E-state index < -0.39 is 17.7 Å². The molecule has 0 bridgehead atoms. The minimum absolute atomic E-state index is 0.0208. The van der Waals surface area contributed by atoms with Gasteiger partial charge in [0.2, 0.25) is 0 Å². The molecule has 1 fully saturated rings. The number of carbonyl (C=O) groups is 2. The van der Waals surface area contributed by atoms with Gasteiger partial charge in [-0.05, 0) is 35.9 Å². The Labute approximate surface area is 178 Å². The number of hydrogen-bond donors (Lipinski definition) is 1. The molecule has 1 N–H and O–H groups in total. The van der Waals surface area contributed by atoms with Crippen molar-refractivity contribution >= 4 is 17.4 Å². The summed E-state index contributed by atoms with van der Waals surface area (Å²) in [5.74, 6) is -0.297. The molecule has 0 spiro atoms. The average Bonchev–Trinajstić information content (AvgIpc) is 3.42. The van der Waals surface area contributed by atoms with Gasteiger partial charge in [0.25, 0.3) is 11.7 Å². The van der Waals surface area contributed by atoms with Gasteiger partial charge < -0.3 is 23.9 Å². The number of benzene rings is 2. The maximum absolute atomic E-state index is 13.0. The van der Waals surface area contributed by atoms with Crippen LogP contribution in [0.4, 0.5) is 0 Å². The Morgan fingerprint density at radius 2 is 1.74 bits per heavy atom. The van der Waals surface area contributed by atoms with Crippen molar-refractivity contribution in [2.45, 2.75) is 12.6 Å². The largest absolute Gasteiger partial charge is 0.507 e. The number of rotatable bonds is 4. The first kappa shape index (κ1) is 19.0. The second-order valence-electron chi connectivity index (χ2n) is 7.29. The van der Waals surface area contributed by atoms with E-state index in [2.05, 4.69) is 0 Å². The van der Waals surface area contributed by atoms with Crippen LogP contribution in [0.25, 0.3) is 5.76 Å². The predicted molar refractivity (Wildman–Crippen MR) is 110 cm³/mol. The molecule has 1 atom stereocenters. The fourth-order valence-electron chi connectivity index (χ4n) is 3.91. The molecule has 1 amide bonds. The van der Waals surface area contributed by atoms with Crippen LogP contribution in [0.3, 0.4) is 0 Å². The number of nitrogens with zero attached hydrogens (tertiary/aromatic N) is 1. The zero-order chi connectivity index (χ0) is 21.4. The molecular weight excluding hydrogens is 398 g/mol. The zero-order valence-electron chi connectivity index (χ0n) is 16.5. The lowest BCUT2D eigenvalue weighted by atomic mass is 9.99. The molecule has 31 heavy (non-hydrogen) atoms. The Hall–Kier alpha value is -4.00. The van der Waals surface area contributed by atoms with Crippen molar-refractivity contribution in [1.29, 1.82) is 0 Å². The molecule has 2 aliphatic heterocycles. The normalized spacial score (nSPS) is 19.6. The maximum Gasteiger partial charge on any atom is 0.296 e. The maximum atomic E-state index is 13.0. The molecule has 2 aromatic carbocycles. The molecular formula is C24H19NO6. The van der Waals surface area contributed by atoms with Gasteiger partial charge in [0.05, 0.1) is 11.8 Å². The first-order valence-corrected chi connectivity index (χ1v) is 9.89. The number of aliphatic hydroxyl groups excluding tert-OH is 1. The summed E-state index contributed by atoms with van der Waals surface area (Å²) < 4.78 is 16.7. The number of likely N-dealkylation sites (tertiary alicyclic amines) is 1. The van der Waals surface area contributed by atoms with Crippen LogP contribution in [0.1, 0.15) is 22.9 Å². The summed E-state index contributed by atoms with van der Waals surface area (Å²) >= 11 is 0. The molecule has 5 rings (SSSR count). The van der Waals surface area contributed by atoms with Crippen LogP contribution >= 0.6 is 0 Å². The van der Waals surface area contributed by atoms with Crippen LogP contribution in [0.5, 0.6) is 11.5 Å². The van der Waals surface area contributed by atoms with E-state index in [1.165, 1.54) is 11.2 Å². The second-order valence-corrected chi connectivity index (χ2v) is 7.29. The molecule has 1 saturated heterocycles. The lowest BCUT2D eigenvalue weighted by Gasteiger charge is -2.23. The summed E-state index contributed by atoms with van der Waals surface area (Å²) in [6.07, 6.45) is 1.47. The minimum Gasteiger partial charge on any atom is -0.507 e. The highest BCUT2D eigenvalue weighted by Gasteiger charge is 2.47. The monoisotopic (exact) mass is 417 g/mol. The number of furan rings is 1. The van der Waals surface area contributed by atoms with E-state index in [0.717, 1.165) is 5.56 Å². The Bertz CT molecular complexity index is 1170. The van der Waals surface area contributed by atoms with E-state index in [1.807, 2.05) is 30.3 Å². The third-order valence-electron chi connectivity index (χ3n) is 5.36. The number of fused-ring (bicyclic) bond motifs is 1. The highest BCUT2D eigenvalue weighted by molar-refractivity contribution is 6.46. The summed E-state index contributed by atoms with van der Waals surface area (Å²) in [4.78, 5) is 27.4. The van der Waals surface area contributed by atoms with Crippen LogP contribution in [0.2, 0.25) is 0 Å². The highest BCUT2D eigenvalue weighted by Crippen LogP contribution is 2.41. The van der Waals surface area contributed by atoms with Crippen LogP contribution in [0, 0.1) is 0 Å². The highest BCUT2D eigenvalue weighted by atomic mass is 16.6. The van der Waals surface area contributed by atoms with Crippen molar-refractivity contribution in [1.82, 2.24) is 4.90 Å². The second kappa shape index (κ2) is 7.68. The summed E-state index contributed by atoms with van der Waals surface area (Å²) in [7, 11) is 0. The fourth-order valence-corrected chi connectivity index (χ4v) is 3.91. The number of hydrogen-bond acceptors (Lipinski definition) is 6. The molecule has 156 valence electrons. The summed E-state index contributed by atoms with van der Waals surface area (Å²) in [6.45, 7) is 1.04. The van der Waals surface area contributed by atoms with Crippen molar-refractivity contribution in [2.75, 3.05) is 13.2 Å². The summed E-state index contributed by atoms with van der Waals surface area (Å²) in [5, 5.41) is 11.1. The number of amides is 1. The van der Waals surface area contributed by atoms with E-state index in [0.29, 0.717) is 36.0 Å². The Kier molecular flexibility index (Phi) is 4.71. The van der Waals surface area contributed by atoms with Gasteiger partial charge in [-0.15, -0.1) is 0 Å². The molecule has 3 heterocycles. The summed E-state index contributed by atoms with van der Waals surface area (Å²) in [5.41, 5.74) is 1.20. The van der Waals surface area contributed by atoms with Gasteiger partial charge in [0.15, 0.2) is 11.5 Å². The van der Waals surface area contributed by atoms with Crippen LogP contribution in [-0.4, -0.2) is 34.9 Å². The smallest absolute Gasteiger partial charge is 0.296 e. The van der Waals surface area contributed by atoms with E-state index in [9.17, 15) is 14.7 Å². The molecule has 3 aromatic rings. The lowest BCUT2D eigenvalue weighted by molar-refractivity contribution is -0.140. The number of aliphatic hydroxyl groups is 1. The number of ether oxygens (including phenoxy) is 2. The van der Waals surface area contributed by atoms with Crippen LogP contribution < -0.4 is 9.47 Å². The molecule has 7 nitrogen and oxygen atoms in total. The van der Waals surface area contributed by atoms with E-state index >= 15 is 0 Å². The SMILES string of the molecule is O=C1C(=O)N(Cc2ccccc2)[C@H](c2ccco2)C1=C(O)c1ccc2c(c1)OCCO2. The Balaban J connectivity index is 1.60. The molecule has 0 radical (unpaired) electrons. The number of ketones is 1. The topological polar surface area (TPSA) is 89.2 Å². The van der Waals surface area contributed by atoms with Crippen LogP contribution in [0.15, 0.2) is 76.9 Å². The summed E-state index contributed by atoms with van der Waals surface area (Å²) in [6, 6.07) is 16.8. The Morgan fingerprint density at radius 1 is 0.968 bits per heavy atom. The van der Waals surface area contributed by atoms with Crippen molar-refractivity contribution in [3.8, 4) is 11.5 Å². The average molecular weight is 417 g/mol. The standard InChI is InChI=1S/C24H19NO6/c26-22(16-8-9-17-19(13-16)31-12-11-30-17)20-21(18-7-4-10-29-18)25(24(28)23(20)27)14-15-5-2-1-3-6-15/h1-10,13,21,26H,11-12,14H2/t21-/m1/s1. The van der Waals surface area contributed by atoms with Gasteiger partial charge >= 0.3 is 0 Å². The van der Waals surface area contributed by atoms with Gasteiger partial charge in [-0.25, -0.2) is 0 Å². The predicted octanol–water partition coefficient (Wildman–Crippen LogP) is 3.67. The molecule has 0 unspecified atom stereocenters. The molecule has 0 saturated carbocycles. The van der Waals surface area contributed by atoms with Crippen molar-refractivity contribution in [2.24, 2.45) is 0 Å². The molecule has 0 aliphatic carbocycles. The van der Waals surface area contributed by atoms with E-state index in [-0.39, 0.29) is 17.9 Å². The lowest BCUT2D eigenvalue weighted by Crippen LogP contribution is -2.29. The van der Waals surface area contributed by atoms with Crippen molar-refractivity contribution < 1.29 is 28.6 Å². The van der Waals surface area contributed by atoms with E-state index in [4.69, 9.17) is 13.9 Å². The minimum atomic E-state index is -0.844. The van der Waals surface area contributed by atoms with E-state index in [1.54, 1.807) is 30.3 Å². The first-order valence-electron chi connectivity index (χ1n) is 9.89.